The van der Waals surface area contributed by atoms with E-state index in [1.54, 1.807) is 0 Å². The highest BCUT2D eigenvalue weighted by Crippen LogP contribution is 2.13. The number of carboxylic acids is 1. The van der Waals surface area contributed by atoms with E-state index < -0.39 is 5.97 Å². The summed E-state index contributed by atoms with van der Waals surface area (Å²) in [6.07, 6.45) is 22.2. The largest absolute Gasteiger partial charge is 0.481 e. The number of hydrogen-bond donors (Lipinski definition) is 1. The molecule has 0 atom stereocenters. The molecule has 0 amide bonds. The molecule has 0 saturated heterocycles. The van der Waals surface area contributed by atoms with Gasteiger partial charge in [-0.05, 0) is 6.42 Å². The van der Waals surface area contributed by atoms with E-state index in [0.717, 1.165) is 13.0 Å². The van der Waals surface area contributed by atoms with Crippen LogP contribution in [-0.2, 0) is 23.7 Å². The van der Waals surface area contributed by atoms with E-state index in [4.69, 9.17) is 24.1 Å². The molecule has 6 heteroatoms. The van der Waals surface area contributed by atoms with Gasteiger partial charge in [-0.25, -0.2) is 0 Å². The molecule has 0 bridgehead atoms. The monoisotopic (exact) mass is 474 g/mol. The molecular formula is C27H54O6. The van der Waals surface area contributed by atoms with Gasteiger partial charge >= 0.3 is 5.97 Å². The van der Waals surface area contributed by atoms with Crippen molar-refractivity contribution in [2.75, 3.05) is 52.9 Å². The maximum atomic E-state index is 10.3. The second kappa shape index (κ2) is 29.3. The predicted octanol–water partition coefficient (Wildman–Crippen LogP) is 6.79. The fourth-order valence-electron chi connectivity index (χ4n) is 3.67. The maximum absolute atomic E-state index is 10.3. The Morgan fingerprint density at radius 1 is 0.455 bits per heavy atom. The molecule has 0 radical (unpaired) electrons. The van der Waals surface area contributed by atoms with Gasteiger partial charge in [0.25, 0.3) is 0 Å². The molecular weight excluding hydrogens is 420 g/mol. The van der Waals surface area contributed by atoms with Gasteiger partial charge < -0.3 is 24.1 Å². The first-order chi connectivity index (χ1) is 16.3. The van der Waals surface area contributed by atoms with Gasteiger partial charge in [-0.2, -0.15) is 0 Å². The lowest BCUT2D eigenvalue weighted by Gasteiger charge is -2.07. The summed E-state index contributed by atoms with van der Waals surface area (Å²) < 4.78 is 21.5. The smallest absolute Gasteiger partial charge is 0.305 e. The van der Waals surface area contributed by atoms with Gasteiger partial charge in [0.2, 0.25) is 0 Å². The van der Waals surface area contributed by atoms with Crippen molar-refractivity contribution >= 4 is 5.97 Å². The molecule has 33 heavy (non-hydrogen) atoms. The van der Waals surface area contributed by atoms with Crippen LogP contribution in [0.15, 0.2) is 0 Å². The fraction of sp³-hybridized carbons (Fsp3) is 0.963. The number of rotatable bonds is 29. The van der Waals surface area contributed by atoms with E-state index >= 15 is 0 Å². The molecule has 0 aliphatic heterocycles. The Bertz CT molecular complexity index is 378. The van der Waals surface area contributed by atoms with Crippen LogP contribution in [-0.4, -0.2) is 63.9 Å². The third kappa shape index (κ3) is 31.3. The van der Waals surface area contributed by atoms with Crippen molar-refractivity contribution < 1.29 is 28.8 Å². The summed E-state index contributed by atoms with van der Waals surface area (Å²) in [6, 6.07) is 0. The molecule has 0 spiro atoms. The topological polar surface area (TPSA) is 74.2 Å². The Kier molecular flexibility index (Phi) is 28.7. The number of carbonyl (C=O) groups is 1. The lowest BCUT2D eigenvalue weighted by molar-refractivity contribution is -0.138. The summed E-state index contributed by atoms with van der Waals surface area (Å²) in [5.74, 6) is -0.846. The quantitative estimate of drug-likeness (QED) is 0.120. The second-order valence-electron chi connectivity index (χ2n) is 8.90. The van der Waals surface area contributed by atoms with Crippen LogP contribution >= 0.6 is 0 Å². The Hall–Kier alpha value is -0.690. The van der Waals surface area contributed by atoms with Crippen LogP contribution < -0.4 is 0 Å². The number of carboxylic acid groups (broad SMARTS) is 1. The van der Waals surface area contributed by atoms with Gasteiger partial charge in [-0.1, -0.05) is 103 Å². The Morgan fingerprint density at radius 3 is 1.12 bits per heavy atom. The minimum atomic E-state index is -0.846. The van der Waals surface area contributed by atoms with E-state index in [-0.39, 0.29) is 13.0 Å². The zero-order chi connectivity index (χ0) is 24.1. The molecule has 0 saturated carbocycles. The fourth-order valence-corrected chi connectivity index (χ4v) is 3.67. The first-order valence-electron chi connectivity index (χ1n) is 13.8. The summed E-state index contributed by atoms with van der Waals surface area (Å²) in [6.45, 7) is 6.49. The van der Waals surface area contributed by atoms with Gasteiger partial charge in [0.05, 0.1) is 52.7 Å². The third-order valence-corrected chi connectivity index (χ3v) is 5.72. The first kappa shape index (κ1) is 32.3. The van der Waals surface area contributed by atoms with Crippen molar-refractivity contribution in [1.29, 1.82) is 0 Å². The van der Waals surface area contributed by atoms with Crippen LogP contribution in [0.25, 0.3) is 0 Å². The molecule has 1 N–H and O–H groups in total. The highest BCUT2D eigenvalue weighted by atomic mass is 16.6. The highest BCUT2D eigenvalue weighted by Gasteiger charge is 1.97. The highest BCUT2D eigenvalue weighted by molar-refractivity contribution is 5.66. The molecule has 0 unspecified atom stereocenters. The van der Waals surface area contributed by atoms with Crippen molar-refractivity contribution in [1.82, 2.24) is 0 Å². The van der Waals surface area contributed by atoms with Crippen molar-refractivity contribution in [2.24, 2.45) is 0 Å². The number of aliphatic carboxylic acids is 1. The van der Waals surface area contributed by atoms with Crippen LogP contribution in [0.3, 0.4) is 0 Å². The molecule has 0 aromatic rings. The van der Waals surface area contributed by atoms with Gasteiger partial charge in [0.1, 0.15) is 0 Å². The SMILES string of the molecule is CCCCCCCCCCCCCCCCCCOCCOCCOCCOCCC(=O)O. The van der Waals surface area contributed by atoms with E-state index in [9.17, 15) is 4.79 Å². The van der Waals surface area contributed by atoms with Crippen molar-refractivity contribution in [3.8, 4) is 0 Å². The molecule has 0 heterocycles. The summed E-state index contributed by atoms with van der Waals surface area (Å²) in [5.41, 5.74) is 0. The molecule has 0 fully saturated rings. The van der Waals surface area contributed by atoms with Crippen molar-refractivity contribution in [3.63, 3.8) is 0 Å². The number of ether oxygens (including phenoxy) is 4. The van der Waals surface area contributed by atoms with Gasteiger partial charge in [0.15, 0.2) is 0 Å². The van der Waals surface area contributed by atoms with Crippen LogP contribution in [0.2, 0.25) is 0 Å². The van der Waals surface area contributed by atoms with Gasteiger partial charge in [-0.3, -0.25) is 4.79 Å². The predicted molar refractivity (Wildman–Crippen MR) is 135 cm³/mol. The second-order valence-corrected chi connectivity index (χ2v) is 8.90. The van der Waals surface area contributed by atoms with Gasteiger partial charge in [-0.15, -0.1) is 0 Å². The molecule has 198 valence electrons. The Labute approximate surface area is 204 Å². The van der Waals surface area contributed by atoms with Crippen molar-refractivity contribution in [3.05, 3.63) is 0 Å². The standard InChI is InChI=1S/C27H54O6/c1-2-3-4-5-6-7-8-9-10-11-12-13-14-15-16-17-19-30-21-23-32-25-26-33-24-22-31-20-18-27(28)29/h2-26H2,1H3,(H,28,29). The van der Waals surface area contributed by atoms with Crippen LogP contribution in [0, 0.1) is 0 Å². The molecule has 0 aromatic heterocycles. The lowest BCUT2D eigenvalue weighted by Crippen LogP contribution is -2.12. The first-order valence-corrected chi connectivity index (χ1v) is 13.8. The lowest BCUT2D eigenvalue weighted by atomic mass is 10.0. The average molecular weight is 475 g/mol. The summed E-state index contributed by atoms with van der Waals surface area (Å²) in [5, 5.41) is 8.47. The van der Waals surface area contributed by atoms with E-state index in [1.807, 2.05) is 0 Å². The zero-order valence-corrected chi connectivity index (χ0v) is 21.7. The van der Waals surface area contributed by atoms with Gasteiger partial charge in [0, 0.05) is 6.61 Å². The number of unbranched alkanes of at least 4 members (excludes halogenated alkanes) is 15. The van der Waals surface area contributed by atoms with Crippen LogP contribution in [0.5, 0.6) is 0 Å². The molecule has 0 rings (SSSR count). The summed E-state index contributed by atoms with van der Waals surface area (Å²) >= 11 is 0. The Balaban J connectivity index is 3.01. The average Bonchev–Trinajstić information content (AvgIpc) is 2.80. The normalized spacial score (nSPS) is 11.3. The molecule has 0 aliphatic rings. The van der Waals surface area contributed by atoms with Crippen LogP contribution in [0.1, 0.15) is 116 Å². The van der Waals surface area contributed by atoms with E-state index in [0.29, 0.717) is 39.6 Å². The third-order valence-electron chi connectivity index (χ3n) is 5.72. The van der Waals surface area contributed by atoms with Crippen LogP contribution in [0.4, 0.5) is 0 Å². The maximum Gasteiger partial charge on any atom is 0.305 e. The minimum absolute atomic E-state index is 0.0303. The van der Waals surface area contributed by atoms with Crippen molar-refractivity contribution in [2.45, 2.75) is 116 Å². The number of hydrogen-bond acceptors (Lipinski definition) is 5. The molecule has 0 aromatic carbocycles. The molecule has 6 nitrogen and oxygen atoms in total. The minimum Gasteiger partial charge on any atom is -0.481 e. The van der Waals surface area contributed by atoms with E-state index in [1.165, 1.54) is 96.3 Å². The van der Waals surface area contributed by atoms with E-state index in [2.05, 4.69) is 6.92 Å². The summed E-state index contributed by atoms with van der Waals surface area (Å²) in [7, 11) is 0. The zero-order valence-electron chi connectivity index (χ0n) is 21.7. The molecule has 0 aliphatic carbocycles. The Morgan fingerprint density at radius 2 is 0.758 bits per heavy atom. The summed E-state index contributed by atoms with van der Waals surface area (Å²) in [4.78, 5) is 10.3.